The van der Waals surface area contributed by atoms with E-state index in [-0.39, 0.29) is 5.56 Å². The zero-order chi connectivity index (χ0) is 14.1. The SMILES string of the molecule is COc1ccc(F)cc1-c1n[nH]c(=O)c2ccccc12. The number of ether oxygens (including phenoxy) is 1. The molecular formula is C15H11FN2O2. The number of hydrogen-bond acceptors (Lipinski definition) is 3. The number of hydrogen-bond donors (Lipinski definition) is 1. The van der Waals surface area contributed by atoms with Crippen LogP contribution in [-0.2, 0) is 0 Å². The summed E-state index contributed by atoms with van der Waals surface area (Å²) in [5.74, 6) is 0.106. The summed E-state index contributed by atoms with van der Waals surface area (Å²) in [6.07, 6.45) is 0. The highest BCUT2D eigenvalue weighted by Gasteiger charge is 2.13. The molecule has 5 heteroatoms. The van der Waals surface area contributed by atoms with E-state index in [2.05, 4.69) is 10.2 Å². The third-order valence-electron chi connectivity index (χ3n) is 3.11. The fourth-order valence-corrected chi connectivity index (χ4v) is 2.19. The molecular weight excluding hydrogens is 259 g/mol. The van der Waals surface area contributed by atoms with Gasteiger partial charge in [-0.25, -0.2) is 9.49 Å². The molecule has 3 rings (SSSR count). The molecule has 0 saturated heterocycles. The molecule has 0 fully saturated rings. The Hall–Kier alpha value is -2.69. The van der Waals surface area contributed by atoms with E-state index in [9.17, 15) is 9.18 Å². The molecule has 3 aromatic rings. The van der Waals surface area contributed by atoms with Crippen LogP contribution in [0.3, 0.4) is 0 Å². The fourth-order valence-electron chi connectivity index (χ4n) is 2.19. The second-order valence-electron chi connectivity index (χ2n) is 4.29. The van der Waals surface area contributed by atoms with E-state index in [0.29, 0.717) is 27.8 Å². The Bertz CT molecular complexity index is 843. The molecule has 0 spiro atoms. The summed E-state index contributed by atoms with van der Waals surface area (Å²) in [6, 6.07) is 11.2. The lowest BCUT2D eigenvalue weighted by molar-refractivity contribution is 0.415. The van der Waals surface area contributed by atoms with Gasteiger partial charge in [-0.2, -0.15) is 5.10 Å². The summed E-state index contributed by atoms with van der Waals surface area (Å²) >= 11 is 0. The molecule has 4 nitrogen and oxygen atoms in total. The third-order valence-corrected chi connectivity index (χ3v) is 3.11. The van der Waals surface area contributed by atoms with Gasteiger partial charge in [-0.1, -0.05) is 18.2 Å². The van der Waals surface area contributed by atoms with Crippen molar-refractivity contribution in [1.82, 2.24) is 10.2 Å². The van der Waals surface area contributed by atoms with Crippen LogP contribution in [0.5, 0.6) is 5.75 Å². The topological polar surface area (TPSA) is 55.0 Å². The summed E-state index contributed by atoms with van der Waals surface area (Å²) < 4.78 is 18.7. The number of aromatic amines is 1. The van der Waals surface area contributed by atoms with Gasteiger partial charge < -0.3 is 4.74 Å². The van der Waals surface area contributed by atoms with Crippen LogP contribution in [0.15, 0.2) is 47.3 Å². The number of nitrogens with one attached hydrogen (secondary N) is 1. The largest absolute Gasteiger partial charge is 0.496 e. The maximum atomic E-state index is 13.5. The molecule has 0 unspecified atom stereocenters. The minimum atomic E-state index is -0.391. The average molecular weight is 270 g/mol. The smallest absolute Gasteiger partial charge is 0.272 e. The van der Waals surface area contributed by atoms with Crippen LogP contribution in [0.25, 0.3) is 22.0 Å². The van der Waals surface area contributed by atoms with Gasteiger partial charge in [-0.05, 0) is 24.3 Å². The van der Waals surface area contributed by atoms with Crippen molar-refractivity contribution in [3.8, 4) is 17.0 Å². The molecule has 1 aromatic heterocycles. The van der Waals surface area contributed by atoms with Crippen LogP contribution >= 0.6 is 0 Å². The highest BCUT2D eigenvalue weighted by molar-refractivity contribution is 5.94. The maximum Gasteiger partial charge on any atom is 0.272 e. The van der Waals surface area contributed by atoms with Gasteiger partial charge in [0.1, 0.15) is 17.3 Å². The molecule has 0 aliphatic rings. The Morgan fingerprint density at radius 1 is 1.15 bits per heavy atom. The van der Waals surface area contributed by atoms with Gasteiger partial charge in [-0.3, -0.25) is 4.79 Å². The fraction of sp³-hybridized carbons (Fsp3) is 0.0667. The Kier molecular flexibility index (Phi) is 2.95. The van der Waals surface area contributed by atoms with E-state index in [4.69, 9.17) is 4.74 Å². The lowest BCUT2D eigenvalue weighted by Crippen LogP contribution is -2.09. The lowest BCUT2D eigenvalue weighted by atomic mass is 10.0. The van der Waals surface area contributed by atoms with Gasteiger partial charge in [0, 0.05) is 10.9 Å². The van der Waals surface area contributed by atoms with Crippen molar-refractivity contribution in [2.24, 2.45) is 0 Å². The number of benzene rings is 2. The summed E-state index contributed by atoms with van der Waals surface area (Å²) in [6.45, 7) is 0. The van der Waals surface area contributed by atoms with Gasteiger partial charge in [0.2, 0.25) is 0 Å². The highest BCUT2D eigenvalue weighted by atomic mass is 19.1. The molecule has 1 N–H and O–H groups in total. The third kappa shape index (κ3) is 1.93. The number of methoxy groups -OCH3 is 1. The molecule has 2 aromatic carbocycles. The first-order valence-corrected chi connectivity index (χ1v) is 6.02. The Balaban J connectivity index is 2.39. The van der Waals surface area contributed by atoms with Gasteiger partial charge in [0.15, 0.2) is 0 Å². The highest BCUT2D eigenvalue weighted by Crippen LogP contribution is 2.32. The van der Waals surface area contributed by atoms with Crippen LogP contribution in [-0.4, -0.2) is 17.3 Å². The van der Waals surface area contributed by atoms with Crippen molar-refractivity contribution in [1.29, 1.82) is 0 Å². The van der Waals surface area contributed by atoms with E-state index in [0.717, 1.165) is 0 Å². The van der Waals surface area contributed by atoms with E-state index in [1.807, 2.05) is 0 Å². The van der Waals surface area contributed by atoms with Crippen molar-refractivity contribution in [3.05, 3.63) is 58.6 Å². The summed E-state index contributed by atoms with van der Waals surface area (Å²) in [7, 11) is 1.50. The second-order valence-corrected chi connectivity index (χ2v) is 4.29. The Morgan fingerprint density at radius 3 is 2.65 bits per heavy atom. The number of fused-ring (bicyclic) bond motifs is 1. The minimum absolute atomic E-state index is 0.278. The van der Waals surface area contributed by atoms with Crippen molar-refractivity contribution < 1.29 is 9.13 Å². The van der Waals surface area contributed by atoms with Gasteiger partial charge in [-0.15, -0.1) is 0 Å². The molecule has 100 valence electrons. The van der Waals surface area contributed by atoms with Gasteiger partial charge in [0.05, 0.1) is 12.5 Å². The van der Waals surface area contributed by atoms with E-state index >= 15 is 0 Å². The van der Waals surface area contributed by atoms with Crippen molar-refractivity contribution in [3.63, 3.8) is 0 Å². The summed E-state index contributed by atoms with van der Waals surface area (Å²) in [4.78, 5) is 11.8. The molecule has 0 aliphatic heterocycles. The molecule has 0 saturated carbocycles. The molecule has 0 aliphatic carbocycles. The number of halogens is 1. The second kappa shape index (κ2) is 4.77. The molecule has 20 heavy (non-hydrogen) atoms. The van der Waals surface area contributed by atoms with Crippen molar-refractivity contribution in [2.45, 2.75) is 0 Å². The first-order chi connectivity index (χ1) is 9.70. The van der Waals surface area contributed by atoms with Crippen molar-refractivity contribution in [2.75, 3.05) is 7.11 Å². The van der Waals surface area contributed by atoms with Crippen LogP contribution in [0, 0.1) is 5.82 Å². The zero-order valence-electron chi connectivity index (χ0n) is 10.7. The summed E-state index contributed by atoms with van der Waals surface area (Å²) in [5, 5.41) is 7.63. The van der Waals surface area contributed by atoms with Crippen LogP contribution in [0.4, 0.5) is 4.39 Å². The standard InChI is InChI=1S/C15H11FN2O2/c1-20-13-7-6-9(16)8-12(13)14-10-4-2-3-5-11(10)15(19)18-17-14/h2-8H,1H3,(H,18,19). The average Bonchev–Trinajstić information content (AvgIpc) is 2.48. The van der Waals surface area contributed by atoms with E-state index in [1.165, 1.54) is 25.3 Å². The number of H-pyrrole nitrogens is 1. The monoisotopic (exact) mass is 270 g/mol. The molecule has 0 bridgehead atoms. The van der Waals surface area contributed by atoms with E-state index < -0.39 is 5.82 Å². The number of rotatable bonds is 2. The minimum Gasteiger partial charge on any atom is -0.496 e. The lowest BCUT2D eigenvalue weighted by Gasteiger charge is -2.09. The first kappa shape index (κ1) is 12.3. The predicted molar refractivity (Wildman–Crippen MR) is 74.3 cm³/mol. The van der Waals surface area contributed by atoms with Crippen molar-refractivity contribution >= 4 is 10.8 Å². The summed E-state index contributed by atoms with van der Waals surface area (Å²) in [5.41, 5.74) is 0.705. The Morgan fingerprint density at radius 2 is 1.90 bits per heavy atom. The molecule has 0 radical (unpaired) electrons. The first-order valence-electron chi connectivity index (χ1n) is 6.02. The van der Waals surface area contributed by atoms with Crippen LogP contribution in [0.1, 0.15) is 0 Å². The quantitative estimate of drug-likeness (QED) is 0.779. The maximum absolute atomic E-state index is 13.5. The molecule has 1 heterocycles. The molecule has 0 atom stereocenters. The van der Waals surface area contributed by atoms with E-state index in [1.54, 1.807) is 24.3 Å². The number of aromatic nitrogens is 2. The molecule has 0 amide bonds. The zero-order valence-corrected chi connectivity index (χ0v) is 10.7. The Labute approximate surface area is 113 Å². The van der Waals surface area contributed by atoms with Gasteiger partial charge >= 0.3 is 0 Å². The van der Waals surface area contributed by atoms with Crippen LogP contribution < -0.4 is 10.3 Å². The van der Waals surface area contributed by atoms with Gasteiger partial charge in [0.25, 0.3) is 5.56 Å². The van der Waals surface area contributed by atoms with Crippen LogP contribution in [0.2, 0.25) is 0 Å². The number of nitrogens with zero attached hydrogens (tertiary/aromatic N) is 1. The normalized spacial score (nSPS) is 10.7. The predicted octanol–water partition coefficient (Wildman–Crippen LogP) is 2.74.